The SMILES string of the molecule is COC(=O)N1CCN(C2CC2)c2ccccc21. The van der Waals surface area contributed by atoms with E-state index < -0.39 is 0 Å². The molecule has 0 N–H and O–H groups in total. The minimum atomic E-state index is -0.270. The van der Waals surface area contributed by atoms with Crippen molar-refractivity contribution >= 4 is 17.5 Å². The van der Waals surface area contributed by atoms with Crippen LogP contribution in [0.5, 0.6) is 0 Å². The van der Waals surface area contributed by atoms with E-state index in [1.54, 1.807) is 4.90 Å². The van der Waals surface area contributed by atoms with Crippen LogP contribution >= 0.6 is 0 Å². The van der Waals surface area contributed by atoms with E-state index in [1.165, 1.54) is 20.0 Å². The van der Waals surface area contributed by atoms with Gasteiger partial charge >= 0.3 is 6.09 Å². The van der Waals surface area contributed by atoms with E-state index in [4.69, 9.17) is 4.74 Å². The number of amides is 1. The van der Waals surface area contributed by atoms with Crippen LogP contribution in [-0.4, -0.2) is 32.3 Å². The smallest absolute Gasteiger partial charge is 0.414 e. The zero-order chi connectivity index (χ0) is 11.8. The number of hydrogen-bond acceptors (Lipinski definition) is 3. The summed E-state index contributed by atoms with van der Waals surface area (Å²) in [5.74, 6) is 0. The fraction of sp³-hybridized carbons (Fsp3) is 0.462. The molecule has 4 heteroatoms. The average Bonchev–Trinajstić information content (AvgIpc) is 3.21. The Kier molecular flexibility index (Phi) is 2.42. The van der Waals surface area contributed by atoms with E-state index in [-0.39, 0.29) is 6.09 Å². The van der Waals surface area contributed by atoms with Gasteiger partial charge in [-0.15, -0.1) is 0 Å². The van der Waals surface area contributed by atoms with Gasteiger partial charge in [0.25, 0.3) is 0 Å². The number of nitrogens with zero attached hydrogens (tertiary/aromatic N) is 2. The number of anilines is 2. The Labute approximate surface area is 101 Å². The van der Waals surface area contributed by atoms with Crippen LogP contribution in [-0.2, 0) is 4.74 Å². The highest BCUT2D eigenvalue weighted by Gasteiger charge is 2.35. The fourth-order valence-electron chi connectivity index (χ4n) is 2.45. The van der Waals surface area contributed by atoms with Crippen molar-refractivity contribution in [1.82, 2.24) is 0 Å². The molecule has 1 saturated carbocycles. The van der Waals surface area contributed by atoms with Crippen molar-refractivity contribution < 1.29 is 9.53 Å². The van der Waals surface area contributed by atoms with Crippen LogP contribution in [0.15, 0.2) is 24.3 Å². The predicted molar refractivity (Wildman–Crippen MR) is 66.6 cm³/mol. The first-order chi connectivity index (χ1) is 8.31. The van der Waals surface area contributed by atoms with Gasteiger partial charge in [0.05, 0.1) is 18.5 Å². The second kappa shape index (κ2) is 3.95. The number of para-hydroxylation sites is 2. The Morgan fingerprint density at radius 3 is 2.59 bits per heavy atom. The molecule has 1 amide bonds. The molecule has 4 nitrogen and oxygen atoms in total. The third-order valence-electron chi connectivity index (χ3n) is 3.43. The van der Waals surface area contributed by atoms with Crippen molar-refractivity contribution in [3.05, 3.63) is 24.3 Å². The van der Waals surface area contributed by atoms with Gasteiger partial charge in [-0.1, -0.05) is 12.1 Å². The van der Waals surface area contributed by atoms with Gasteiger partial charge in [0.2, 0.25) is 0 Å². The van der Waals surface area contributed by atoms with Crippen molar-refractivity contribution in [2.75, 3.05) is 30.0 Å². The minimum Gasteiger partial charge on any atom is -0.452 e. The van der Waals surface area contributed by atoms with E-state index in [2.05, 4.69) is 11.0 Å². The standard InChI is InChI=1S/C13H16N2O2/c1-17-13(16)15-9-8-14(10-6-7-10)11-4-2-3-5-12(11)15/h2-5,10H,6-9H2,1H3. The molecular weight excluding hydrogens is 216 g/mol. The molecule has 17 heavy (non-hydrogen) atoms. The maximum atomic E-state index is 11.7. The maximum absolute atomic E-state index is 11.7. The number of carbonyl (C=O) groups excluding carboxylic acids is 1. The first kappa shape index (κ1) is 10.4. The van der Waals surface area contributed by atoms with Gasteiger partial charge in [0.15, 0.2) is 0 Å². The van der Waals surface area contributed by atoms with Gasteiger partial charge in [0, 0.05) is 19.1 Å². The molecule has 1 aliphatic heterocycles. The van der Waals surface area contributed by atoms with E-state index in [0.717, 1.165) is 17.9 Å². The Bertz CT molecular complexity index is 443. The van der Waals surface area contributed by atoms with Crippen LogP contribution in [0.3, 0.4) is 0 Å². The minimum absolute atomic E-state index is 0.270. The topological polar surface area (TPSA) is 32.8 Å². The lowest BCUT2D eigenvalue weighted by Gasteiger charge is -2.37. The van der Waals surface area contributed by atoms with Gasteiger partial charge in [-0.3, -0.25) is 4.90 Å². The van der Waals surface area contributed by atoms with Gasteiger partial charge in [-0.05, 0) is 25.0 Å². The first-order valence-corrected chi connectivity index (χ1v) is 6.02. The van der Waals surface area contributed by atoms with Crippen LogP contribution < -0.4 is 9.80 Å². The number of ether oxygens (including phenoxy) is 1. The van der Waals surface area contributed by atoms with Crippen LogP contribution in [0.2, 0.25) is 0 Å². The molecule has 1 aliphatic carbocycles. The van der Waals surface area contributed by atoms with Crippen molar-refractivity contribution in [3.8, 4) is 0 Å². The van der Waals surface area contributed by atoms with Crippen LogP contribution in [0, 0.1) is 0 Å². The lowest BCUT2D eigenvalue weighted by molar-refractivity contribution is 0.178. The molecule has 0 atom stereocenters. The molecule has 0 radical (unpaired) electrons. The Morgan fingerprint density at radius 1 is 1.24 bits per heavy atom. The molecule has 0 saturated heterocycles. The van der Waals surface area contributed by atoms with Crippen molar-refractivity contribution in [2.24, 2.45) is 0 Å². The summed E-state index contributed by atoms with van der Waals surface area (Å²) in [6.45, 7) is 1.61. The molecule has 0 bridgehead atoms. The number of rotatable bonds is 1. The van der Waals surface area contributed by atoms with Gasteiger partial charge < -0.3 is 9.64 Å². The summed E-state index contributed by atoms with van der Waals surface area (Å²) in [5, 5.41) is 0. The Balaban J connectivity index is 1.97. The molecule has 2 aliphatic rings. The molecule has 0 unspecified atom stereocenters. The van der Waals surface area contributed by atoms with Crippen LogP contribution in [0.4, 0.5) is 16.2 Å². The van der Waals surface area contributed by atoms with E-state index in [1.807, 2.05) is 18.2 Å². The monoisotopic (exact) mass is 232 g/mol. The Hall–Kier alpha value is -1.71. The van der Waals surface area contributed by atoms with E-state index in [9.17, 15) is 4.79 Å². The zero-order valence-electron chi connectivity index (χ0n) is 9.93. The highest BCUT2D eigenvalue weighted by molar-refractivity contribution is 5.93. The average molecular weight is 232 g/mol. The van der Waals surface area contributed by atoms with E-state index >= 15 is 0 Å². The maximum Gasteiger partial charge on any atom is 0.414 e. The Morgan fingerprint density at radius 2 is 1.94 bits per heavy atom. The van der Waals surface area contributed by atoms with Crippen LogP contribution in [0.25, 0.3) is 0 Å². The van der Waals surface area contributed by atoms with Crippen LogP contribution in [0.1, 0.15) is 12.8 Å². The summed E-state index contributed by atoms with van der Waals surface area (Å²) >= 11 is 0. The molecule has 3 rings (SSSR count). The number of methoxy groups -OCH3 is 1. The lowest BCUT2D eigenvalue weighted by Crippen LogP contribution is -2.44. The normalized spacial score (nSPS) is 18.9. The van der Waals surface area contributed by atoms with Gasteiger partial charge in [-0.2, -0.15) is 0 Å². The third-order valence-corrected chi connectivity index (χ3v) is 3.43. The quantitative estimate of drug-likeness (QED) is 0.744. The second-order valence-electron chi connectivity index (χ2n) is 4.53. The van der Waals surface area contributed by atoms with Gasteiger partial charge in [-0.25, -0.2) is 4.79 Å². The van der Waals surface area contributed by atoms with Crippen molar-refractivity contribution in [1.29, 1.82) is 0 Å². The van der Waals surface area contributed by atoms with E-state index in [0.29, 0.717) is 12.6 Å². The van der Waals surface area contributed by atoms with Crippen molar-refractivity contribution in [2.45, 2.75) is 18.9 Å². The van der Waals surface area contributed by atoms with Crippen molar-refractivity contribution in [3.63, 3.8) is 0 Å². The molecule has 0 aromatic heterocycles. The largest absolute Gasteiger partial charge is 0.452 e. The first-order valence-electron chi connectivity index (χ1n) is 6.02. The molecule has 90 valence electrons. The number of hydrogen-bond donors (Lipinski definition) is 0. The third kappa shape index (κ3) is 1.73. The summed E-state index contributed by atoms with van der Waals surface area (Å²) in [6, 6.07) is 8.74. The molecule has 1 fully saturated rings. The zero-order valence-corrected chi connectivity index (χ0v) is 9.93. The highest BCUT2D eigenvalue weighted by Crippen LogP contribution is 2.39. The molecule has 1 aromatic rings. The second-order valence-corrected chi connectivity index (χ2v) is 4.53. The van der Waals surface area contributed by atoms with Gasteiger partial charge in [0.1, 0.15) is 0 Å². The number of benzene rings is 1. The lowest BCUT2D eigenvalue weighted by atomic mass is 10.1. The summed E-state index contributed by atoms with van der Waals surface area (Å²) in [5.41, 5.74) is 2.13. The summed E-state index contributed by atoms with van der Waals surface area (Å²) < 4.78 is 4.83. The highest BCUT2D eigenvalue weighted by atomic mass is 16.5. The molecular formula is C13H16N2O2. The summed E-state index contributed by atoms with van der Waals surface area (Å²) in [7, 11) is 1.43. The number of fused-ring (bicyclic) bond motifs is 1. The summed E-state index contributed by atoms with van der Waals surface area (Å²) in [4.78, 5) is 15.8. The fourth-order valence-corrected chi connectivity index (χ4v) is 2.45. The predicted octanol–water partition coefficient (Wildman–Crippen LogP) is 2.24. The molecule has 0 spiro atoms. The number of carbonyl (C=O) groups is 1. The molecule has 1 heterocycles. The molecule has 1 aromatic carbocycles. The summed E-state index contributed by atoms with van der Waals surface area (Å²) in [6.07, 6.45) is 2.27.